The number of halogens is 3. The number of hydrogen-bond donors (Lipinski definition) is 0. The van der Waals surface area contributed by atoms with Crippen molar-refractivity contribution in [2.75, 3.05) is 11.9 Å². The van der Waals surface area contributed by atoms with E-state index in [1.54, 1.807) is 43.3 Å². The molecule has 3 aromatic rings. The largest absolute Gasteiger partial charge is 0.457 e. The Labute approximate surface area is 202 Å². The summed E-state index contributed by atoms with van der Waals surface area (Å²) in [6.07, 6.45) is -4.12. The average Bonchev–Trinajstić information content (AvgIpc) is 2.82. The summed E-state index contributed by atoms with van der Waals surface area (Å²) in [5.74, 6) is 0.437. The highest BCUT2D eigenvalue weighted by Gasteiger charge is 2.40. The van der Waals surface area contributed by atoms with E-state index in [0.29, 0.717) is 29.0 Å². The maximum Gasteiger partial charge on any atom is 0.418 e. The Morgan fingerprint density at radius 1 is 0.971 bits per heavy atom. The molecule has 0 unspecified atom stereocenters. The predicted octanol–water partition coefficient (Wildman–Crippen LogP) is 6.21. The molecule has 0 aromatic heterocycles. The van der Waals surface area contributed by atoms with Crippen LogP contribution < -0.4 is 9.64 Å². The van der Waals surface area contributed by atoms with Crippen LogP contribution >= 0.6 is 0 Å². The molecule has 0 fully saturated rings. The lowest BCUT2D eigenvalue weighted by Gasteiger charge is -2.38. The standard InChI is InChI=1S/C27H27F3N2O3/c1-19-14-15-23(22(16-19)27(28,29)30)31(4)25(34)26(2,3)32(18-33)17-20-10-8-9-13-24(20)35-21-11-6-5-7-12-21/h5-16,18H,17H2,1-4H3. The molecule has 0 saturated carbocycles. The van der Waals surface area contributed by atoms with Gasteiger partial charge in [0.2, 0.25) is 6.41 Å². The highest BCUT2D eigenvalue weighted by molar-refractivity contribution is 6.00. The lowest BCUT2D eigenvalue weighted by molar-refractivity contribution is -0.139. The van der Waals surface area contributed by atoms with Gasteiger partial charge in [-0.1, -0.05) is 48.0 Å². The minimum absolute atomic E-state index is 0.0130. The van der Waals surface area contributed by atoms with Crippen LogP contribution in [0.2, 0.25) is 0 Å². The highest BCUT2D eigenvalue weighted by atomic mass is 19.4. The van der Waals surface area contributed by atoms with Gasteiger partial charge in [-0.15, -0.1) is 0 Å². The Kier molecular flexibility index (Phi) is 7.53. The van der Waals surface area contributed by atoms with E-state index in [1.165, 1.54) is 37.9 Å². The summed E-state index contributed by atoms with van der Waals surface area (Å²) in [6.45, 7) is 4.57. The van der Waals surface area contributed by atoms with Crippen molar-refractivity contribution in [3.63, 3.8) is 0 Å². The molecule has 0 heterocycles. The van der Waals surface area contributed by atoms with Gasteiger partial charge in [-0.25, -0.2) is 0 Å². The molecule has 0 atom stereocenters. The molecule has 0 spiro atoms. The molecular formula is C27H27F3N2O3. The van der Waals surface area contributed by atoms with E-state index in [9.17, 15) is 22.8 Å². The number of carbonyl (C=O) groups is 2. The van der Waals surface area contributed by atoms with Crippen LogP contribution in [0.15, 0.2) is 72.8 Å². The molecule has 8 heteroatoms. The molecule has 35 heavy (non-hydrogen) atoms. The smallest absolute Gasteiger partial charge is 0.418 e. The second-order valence-electron chi connectivity index (χ2n) is 8.70. The van der Waals surface area contributed by atoms with Crippen molar-refractivity contribution < 1.29 is 27.5 Å². The number of anilines is 1. The zero-order valence-corrected chi connectivity index (χ0v) is 20.0. The zero-order chi connectivity index (χ0) is 25.8. The van der Waals surface area contributed by atoms with Crippen molar-refractivity contribution in [1.29, 1.82) is 0 Å². The maximum atomic E-state index is 13.7. The van der Waals surface area contributed by atoms with Crippen LogP contribution in [0.25, 0.3) is 0 Å². The van der Waals surface area contributed by atoms with Crippen LogP contribution in [0.4, 0.5) is 18.9 Å². The van der Waals surface area contributed by atoms with Gasteiger partial charge < -0.3 is 14.5 Å². The number of benzene rings is 3. The van der Waals surface area contributed by atoms with Crippen LogP contribution in [-0.2, 0) is 22.3 Å². The number of alkyl halides is 3. The van der Waals surface area contributed by atoms with E-state index >= 15 is 0 Å². The van der Waals surface area contributed by atoms with E-state index in [4.69, 9.17) is 4.74 Å². The lowest BCUT2D eigenvalue weighted by Crippen LogP contribution is -2.55. The first-order valence-electron chi connectivity index (χ1n) is 10.9. The third-order valence-corrected chi connectivity index (χ3v) is 5.78. The summed E-state index contributed by atoms with van der Waals surface area (Å²) < 4.78 is 46.9. The fourth-order valence-corrected chi connectivity index (χ4v) is 3.71. The third-order valence-electron chi connectivity index (χ3n) is 5.78. The number of carbonyl (C=O) groups excluding carboxylic acids is 2. The molecule has 5 nitrogen and oxygen atoms in total. The maximum absolute atomic E-state index is 13.7. The summed E-state index contributed by atoms with van der Waals surface area (Å²) >= 11 is 0. The third kappa shape index (κ3) is 5.82. The Hall–Kier alpha value is -3.81. The first-order valence-corrected chi connectivity index (χ1v) is 10.9. The summed E-state index contributed by atoms with van der Waals surface area (Å²) in [5.41, 5.74) is -1.59. The summed E-state index contributed by atoms with van der Waals surface area (Å²) in [7, 11) is 1.28. The topological polar surface area (TPSA) is 49.9 Å². The Balaban J connectivity index is 1.89. The molecule has 184 valence electrons. The first kappa shape index (κ1) is 25.8. The molecule has 3 aromatic carbocycles. The molecule has 0 aliphatic rings. The number of amides is 2. The number of likely N-dealkylation sites (N-methyl/N-ethyl adjacent to an activating group) is 1. The van der Waals surface area contributed by atoms with Gasteiger partial charge in [-0.2, -0.15) is 13.2 Å². The monoisotopic (exact) mass is 484 g/mol. The van der Waals surface area contributed by atoms with Crippen molar-refractivity contribution in [2.24, 2.45) is 0 Å². The normalized spacial score (nSPS) is 11.6. The van der Waals surface area contributed by atoms with Crippen molar-refractivity contribution >= 4 is 18.0 Å². The van der Waals surface area contributed by atoms with E-state index in [2.05, 4.69) is 0 Å². The molecule has 0 bridgehead atoms. The lowest BCUT2D eigenvalue weighted by atomic mass is 9.98. The van der Waals surface area contributed by atoms with Crippen LogP contribution in [-0.4, -0.2) is 29.8 Å². The van der Waals surface area contributed by atoms with Crippen LogP contribution in [0.5, 0.6) is 11.5 Å². The van der Waals surface area contributed by atoms with Crippen LogP contribution in [0.1, 0.15) is 30.5 Å². The fourth-order valence-electron chi connectivity index (χ4n) is 3.71. The van der Waals surface area contributed by atoms with Gasteiger partial charge in [0, 0.05) is 12.6 Å². The van der Waals surface area contributed by atoms with Crippen LogP contribution in [0, 0.1) is 6.92 Å². The number of rotatable bonds is 8. The van der Waals surface area contributed by atoms with E-state index in [0.717, 1.165) is 11.0 Å². The number of ether oxygens (including phenoxy) is 1. The van der Waals surface area contributed by atoms with Crippen LogP contribution in [0.3, 0.4) is 0 Å². The molecule has 3 rings (SSSR count). The molecular weight excluding hydrogens is 457 g/mol. The van der Waals surface area contributed by atoms with Gasteiger partial charge in [0.25, 0.3) is 5.91 Å². The van der Waals surface area contributed by atoms with Gasteiger partial charge >= 0.3 is 6.18 Å². The molecule has 0 saturated heterocycles. The summed E-state index contributed by atoms with van der Waals surface area (Å²) in [5, 5.41) is 0. The van der Waals surface area contributed by atoms with Gasteiger partial charge in [0.05, 0.1) is 17.8 Å². The SMILES string of the molecule is Cc1ccc(N(C)C(=O)C(C)(C)N(C=O)Cc2ccccc2Oc2ccccc2)c(C(F)(F)F)c1. The quantitative estimate of drug-likeness (QED) is 0.358. The van der Waals surface area contributed by atoms with Crippen molar-refractivity contribution in [3.8, 4) is 11.5 Å². The first-order chi connectivity index (χ1) is 16.4. The predicted molar refractivity (Wildman–Crippen MR) is 128 cm³/mol. The highest BCUT2D eigenvalue weighted by Crippen LogP contribution is 2.38. The van der Waals surface area contributed by atoms with Crippen molar-refractivity contribution in [1.82, 2.24) is 4.90 Å². The second kappa shape index (κ2) is 10.2. The summed E-state index contributed by atoms with van der Waals surface area (Å²) in [4.78, 5) is 27.7. The summed E-state index contributed by atoms with van der Waals surface area (Å²) in [6, 6.07) is 19.9. The number of nitrogens with zero attached hydrogens (tertiary/aromatic N) is 2. The molecule has 0 radical (unpaired) electrons. The van der Waals surface area contributed by atoms with E-state index in [1.807, 2.05) is 18.2 Å². The molecule has 0 N–H and O–H groups in total. The van der Waals surface area contributed by atoms with Crippen molar-refractivity contribution in [2.45, 2.75) is 39.0 Å². The minimum Gasteiger partial charge on any atom is -0.457 e. The zero-order valence-electron chi connectivity index (χ0n) is 20.0. The average molecular weight is 485 g/mol. The number of para-hydroxylation sites is 2. The molecule has 2 amide bonds. The van der Waals surface area contributed by atoms with E-state index in [-0.39, 0.29) is 12.2 Å². The van der Waals surface area contributed by atoms with Gasteiger partial charge in [-0.05, 0) is 51.1 Å². The van der Waals surface area contributed by atoms with Gasteiger partial charge in [-0.3, -0.25) is 9.59 Å². The molecule has 0 aliphatic heterocycles. The van der Waals surface area contributed by atoms with Crippen molar-refractivity contribution in [3.05, 3.63) is 89.5 Å². The molecule has 0 aliphatic carbocycles. The Morgan fingerprint density at radius 2 is 1.60 bits per heavy atom. The van der Waals surface area contributed by atoms with Gasteiger partial charge in [0.15, 0.2) is 0 Å². The fraction of sp³-hybridized carbons (Fsp3) is 0.259. The number of aryl methyl sites for hydroxylation is 1. The number of hydrogen-bond acceptors (Lipinski definition) is 3. The van der Waals surface area contributed by atoms with E-state index < -0.39 is 23.2 Å². The second-order valence-corrected chi connectivity index (χ2v) is 8.70. The van der Waals surface area contributed by atoms with Gasteiger partial charge in [0.1, 0.15) is 17.0 Å². The Bertz CT molecular complexity index is 1190. The Morgan fingerprint density at radius 3 is 2.23 bits per heavy atom. The minimum atomic E-state index is -4.64.